The van der Waals surface area contributed by atoms with Gasteiger partial charge in [0.05, 0.1) is 48.6 Å². The van der Waals surface area contributed by atoms with Crippen molar-refractivity contribution in [2.45, 2.75) is 38.3 Å². The molecule has 1 fully saturated rings. The van der Waals surface area contributed by atoms with E-state index in [1.165, 1.54) is 27.5 Å². The molecule has 1 unspecified atom stereocenters. The summed E-state index contributed by atoms with van der Waals surface area (Å²) in [5.74, 6) is 0.00561. The average molecular weight is 641 g/mol. The zero-order valence-electron chi connectivity index (χ0n) is 24.4. The van der Waals surface area contributed by atoms with E-state index in [0.29, 0.717) is 17.9 Å². The third-order valence-corrected chi connectivity index (χ3v) is 7.89. The number of carbonyl (C=O) groups excluding carboxylic acids is 1. The first-order chi connectivity index (χ1) is 22.2. The maximum Gasteiger partial charge on any atom is 0.388 e. The summed E-state index contributed by atoms with van der Waals surface area (Å²) in [4.78, 5) is 18.8. The van der Waals surface area contributed by atoms with Gasteiger partial charge in [-0.05, 0) is 17.7 Å². The van der Waals surface area contributed by atoms with Crippen LogP contribution in [0.5, 0.6) is 11.8 Å². The maximum atomic E-state index is 14.7. The molecule has 0 saturated carbocycles. The first kappa shape index (κ1) is 29.6. The molecule has 6 heterocycles. The van der Waals surface area contributed by atoms with Gasteiger partial charge in [-0.1, -0.05) is 30.3 Å². The molecule has 46 heavy (non-hydrogen) atoms. The minimum absolute atomic E-state index is 0.000875. The Labute approximate surface area is 259 Å². The van der Waals surface area contributed by atoms with Gasteiger partial charge in [0.15, 0.2) is 0 Å². The minimum Gasteiger partial charge on any atom is -0.475 e. The number of aromatic nitrogens is 6. The summed E-state index contributed by atoms with van der Waals surface area (Å²) in [5, 5.41) is 20.5. The number of alkyl halides is 4. The van der Waals surface area contributed by atoms with Crippen LogP contribution >= 0.6 is 0 Å². The smallest absolute Gasteiger partial charge is 0.388 e. The van der Waals surface area contributed by atoms with Crippen LogP contribution in [0.3, 0.4) is 0 Å². The predicted molar refractivity (Wildman–Crippen MR) is 155 cm³/mol. The molecular weight excluding hydrogens is 612 g/mol. The Bertz CT molecular complexity index is 1850. The number of β-amino-alcohol motifs (C(OH)–C–C–N with tert-alkyl or cyclic N) is 1. The average Bonchev–Trinajstić information content (AvgIpc) is 3.68. The van der Waals surface area contributed by atoms with Gasteiger partial charge in [-0.25, -0.2) is 23.2 Å². The van der Waals surface area contributed by atoms with Gasteiger partial charge in [0, 0.05) is 37.1 Å². The molecule has 4 aliphatic heterocycles. The molecule has 2 N–H and O–H groups in total. The number of benzene rings is 1. The van der Waals surface area contributed by atoms with Gasteiger partial charge in [0.2, 0.25) is 11.8 Å². The Hall–Kier alpha value is -5.12. The molecule has 2 amide bonds. The molecule has 1 atom stereocenters. The molecule has 16 heteroatoms. The normalized spacial score (nSPS) is 16.5. The lowest BCUT2D eigenvalue weighted by Gasteiger charge is -2.37. The molecule has 0 bridgehead atoms. The number of nitrogens with one attached hydrogen (secondary N) is 1. The molecular formula is C30H28F4N8O4. The van der Waals surface area contributed by atoms with Crippen molar-refractivity contribution in [1.82, 2.24) is 39.3 Å². The molecule has 2 aromatic heterocycles. The number of hydrogen-bond donors (Lipinski definition) is 2. The number of halogens is 4. The molecule has 0 spiro atoms. The molecule has 12 nitrogen and oxygen atoms in total. The number of carbonyl (C=O) groups is 1. The number of fused-ring (bicyclic) bond motifs is 2. The SMILES string of the molecule is Cn1cc(-c2c3cccn(Cc4ccccc4)c-3nc2-c2c(C(F)F)nn3c2OCC(NC(=O)N2CC(O)C2)C3)c(OC(F)F)n1. The van der Waals surface area contributed by atoms with Crippen molar-refractivity contribution in [3.8, 4) is 45.5 Å². The lowest BCUT2D eigenvalue weighted by atomic mass is 9.98. The zero-order chi connectivity index (χ0) is 32.1. The fourth-order valence-electron chi connectivity index (χ4n) is 5.85. The lowest BCUT2D eigenvalue weighted by Crippen LogP contribution is -2.59. The van der Waals surface area contributed by atoms with Gasteiger partial charge in [0.1, 0.15) is 18.1 Å². The van der Waals surface area contributed by atoms with Crippen LogP contribution in [-0.2, 0) is 20.1 Å². The molecule has 4 aliphatic rings. The fraction of sp³-hybridized carbons (Fsp3) is 0.333. The number of ether oxygens (including phenoxy) is 2. The molecule has 0 aliphatic carbocycles. The van der Waals surface area contributed by atoms with E-state index in [1.807, 2.05) is 34.9 Å². The highest BCUT2D eigenvalue weighted by atomic mass is 19.3. The predicted octanol–water partition coefficient (Wildman–Crippen LogP) is 3.99. The molecule has 1 aromatic carbocycles. The van der Waals surface area contributed by atoms with E-state index in [1.54, 1.807) is 18.3 Å². The third kappa shape index (κ3) is 5.37. The zero-order valence-corrected chi connectivity index (χ0v) is 24.4. The van der Waals surface area contributed by atoms with E-state index in [-0.39, 0.29) is 54.5 Å². The topological polar surface area (TPSA) is 124 Å². The number of rotatable bonds is 8. The van der Waals surface area contributed by atoms with Crippen molar-refractivity contribution >= 4 is 6.03 Å². The van der Waals surface area contributed by atoms with Crippen LogP contribution in [0.2, 0.25) is 0 Å². The van der Waals surface area contributed by atoms with E-state index in [0.717, 1.165) is 5.56 Å². The first-order valence-electron chi connectivity index (χ1n) is 14.4. The number of hydrogen-bond acceptors (Lipinski definition) is 7. The van der Waals surface area contributed by atoms with Crippen LogP contribution < -0.4 is 14.8 Å². The summed E-state index contributed by atoms with van der Waals surface area (Å²) < 4.78 is 71.5. The molecule has 240 valence electrons. The van der Waals surface area contributed by atoms with Gasteiger partial charge in [0.25, 0.3) is 6.43 Å². The summed E-state index contributed by atoms with van der Waals surface area (Å²) >= 11 is 0. The van der Waals surface area contributed by atoms with Gasteiger partial charge in [-0.15, -0.1) is 5.10 Å². The number of aliphatic hydroxyl groups is 1. The van der Waals surface area contributed by atoms with Gasteiger partial charge >= 0.3 is 12.6 Å². The van der Waals surface area contributed by atoms with Crippen LogP contribution in [0.1, 0.15) is 17.7 Å². The van der Waals surface area contributed by atoms with Crippen molar-refractivity contribution in [3.63, 3.8) is 0 Å². The van der Waals surface area contributed by atoms with Crippen molar-refractivity contribution in [2.75, 3.05) is 19.7 Å². The molecule has 1 saturated heterocycles. The second-order valence-corrected chi connectivity index (χ2v) is 11.2. The van der Waals surface area contributed by atoms with E-state index in [9.17, 15) is 27.5 Å². The molecule has 7 rings (SSSR count). The van der Waals surface area contributed by atoms with Crippen LogP contribution in [-0.4, -0.2) is 83.6 Å². The first-order valence-corrected chi connectivity index (χ1v) is 14.4. The van der Waals surface area contributed by atoms with Crippen molar-refractivity contribution in [3.05, 3.63) is 66.1 Å². The largest absolute Gasteiger partial charge is 0.475 e. The number of aliphatic hydroxyl groups excluding tert-OH is 1. The second-order valence-electron chi connectivity index (χ2n) is 11.2. The fourth-order valence-corrected chi connectivity index (χ4v) is 5.85. The third-order valence-electron chi connectivity index (χ3n) is 7.89. The number of pyridine rings is 1. The molecule has 3 aromatic rings. The summed E-state index contributed by atoms with van der Waals surface area (Å²) in [6, 6.07) is 12.0. The van der Waals surface area contributed by atoms with Crippen LogP contribution in [0.4, 0.5) is 22.4 Å². The minimum atomic E-state index is -3.19. The summed E-state index contributed by atoms with van der Waals surface area (Å²) in [7, 11) is 1.53. The monoisotopic (exact) mass is 640 g/mol. The van der Waals surface area contributed by atoms with Crippen LogP contribution in [0.25, 0.3) is 33.8 Å². The van der Waals surface area contributed by atoms with Gasteiger partial charge in [-0.3, -0.25) is 4.68 Å². The van der Waals surface area contributed by atoms with Crippen LogP contribution in [0, 0.1) is 0 Å². The highest BCUT2D eigenvalue weighted by Crippen LogP contribution is 2.49. The Morgan fingerprint density at radius 2 is 1.85 bits per heavy atom. The summed E-state index contributed by atoms with van der Waals surface area (Å²) in [5.41, 5.74) is 1.11. The van der Waals surface area contributed by atoms with Crippen molar-refractivity contribution < 1.29 is 36.9 Å². The highest BCUT2D eigenvalue weighted by molar-refractivity contribution is 5.97. The molecule has 0 radical (unpaired) electrons. The van der Waals surface area contributed by atoms with Crippen LogP contribution in [0.15, 0.2) is 54.9 Å². The summed E-state index contributed by atoms with van der Waals surface area (Å²) in [6.45, 7) is -2.44. The number of aryl methyl sites for hydroxylation is 1. The number of likely N-dealkylation sites (tertiary alicyclic amines) is 1. The Morgan fingerprint density at radius 1 is 1.07 bits per heavy atom. The lowest BCUT2D eigenvalue weighted by molar-refractivity contribution is -0.0527. The standard InChI is InChI=1S/C30H28F4N8O4/c1-39-14-20(27(38-39)46-29(33)34)21-19-8-5-9-40(10-16-6-3-2-4-7-16)26(19)36-23(21)22-24(25(31)32)37-42-11-17(15-45-28(22)42)35-30(44)41-12-18(43)13-41/h2-9,14,17-18,25,29,43H,10-13,15H2,1H3,(H,35,44). The van der Waals surface area contributed by atoms with Gasteiger partial charge in [-0.2, -0.15) is 13.9 Å². The highest BCUT2D eigenvalue weighted by Gasteiger charge is 2.38. The van der Waals surface area contributed by atoms with Crippen molar-refractivity contribution in [2.24, 2.45) is 7.05 Å². The number of nitrogens with zero attached hydrogens (tertiary/aromatic N) is 7. The van der Waals surface area contributed by atoms with E-state index in [2.05, 4.69) is 15.5 Å². The van der Waals surface area contributed by atoms with E-state index in [4.69, 9.17) is 14.5 Å². The Kier molecular flexibility index (Phi) is 7.50. The number of amides is 2. The summed E-state index contributed by atoms with van der Waals surface area (Å²) in [6.07, 6.45) is -0.384. The Balaban J connectivity index is 1.36. The second kappa shape index (κ2) is 11.7. The van der Waals surface area contributed by atoms with E-state index < -0.39 is 42.8 Å². The van der Waals surface area contributed by atoms with E-state index >= 15 is 0 Å². The van der Waals surface area contributed by atoms with Gasteiger partial charge < -0.3 is 29.4 Å². The quantitative estimate of drug-likeness (QED) is 0.246. The maximum absolute atomic E-state index is 14.7. The van der Waals surface area contributed by atoms with Crippen molar-refractivity contribution in [1.29, 1.82) is 0 Å². The Morgan fingerprint density at radius 3 is 2.57 bits per heavy atom. The number of urea groups is 1.